The van der Waals surface area contributed by atoms with Crippen molar-refractivity contribution in [3.8, 4) is 11.1 Å². The first-order chi connectivity index (χ1) is 8.61. The largest absolute Gasteiger partial charge is 0.355 e. The highest BCUT2D eigenvalue weighted by Crippen LogP contribution is 2.22. The molecule has 0 aliphatic carbocycles. The Labute approximate surface area is 108 Å². The van der Waals surface area contributed by atoms with Crippen molar-refractivity contribution in [2.75, 3.05) is 7.05 Å². The zero-order valence-corrected chi connectivity index (χ0v) is 10.9. The van der Waals surface area contributed by atoms with Gasteiger partial charge in [0.1, 0.15) is 0 Å². The standard InChI is InChI=1S/C16H17NO/c1-11-4-6-13(7-5-11)14-8-9-15(12(2)10-14)16(18)17-3/h4-10H,1-3H3,(H,17,18). The zero-order valence-electron chi connectivity index (χ0n) is 10.9. The number of hydrogen-bond donors (Lipinski definition) is 1. The van der Waals surface area contributed by atoms with Gasteiger partial charge in [-0.15, -0.1) is 0 Å². The van der Waals surface area contributed by atoms with Crippen LogP contribution in [-0.4, -0.2) is 13.0 Å². The van der Waals surface area contributed by atoms with Crippen LogP contribution < -0.4 is 5.32 Å². The maximum Gasteiger partial charge on any atom is 0.251 e. The Morgan fingerprint density at radius 2 is 1.56 bits per heavy atom. The molecule has 2 rings (SSSR count). The third-order valence-electron chi connectivity index (χ3n) is 3.08. The Bertz CT molecular complexity index is 570. The third-order valence-corrected chi connectivity index (χ3v) is 3.08. The van der Waals surface area contributed by atoms with Crippen LogP contribution in [0, 0.1) is 13.8 Å². The van der Waals surface area contributed by atoms with Crippen molar-refractivity contribution in [2.24, 2.45) is 0 Å². The molecule has 92 valence electrons. The number of carbonyl (C=O) groups is 1. The predicted molar refractivity (Wildman–Crippen MR) is 74.7 cm³/mol. The van der Waals surface area contributed by atoms with Gasteiger partial charge in [-0.05, 0) is 36.6 Å². The predicted octanol–water partition coefficient (Wildman–Crippen LogP) is 3.33. The van der Waals surface area contributed by atoms with Crippen molar-refractivity contribution in [3.63, 3.8) is 0 Å². The molecule has 18 heavy (non-hydrogen) atoms. The molecular weight excluding hydrogens is 222 g/mol. The molecule has 0 atom stereocenters. The van der Waals surface area contributed by atoms with E-state index in [1.165, 1.54) is 11.1 Å². The molecule has 1 amide bonds. The zero-order chi connectivity index (χ0) is 13.1. The Hall–Kier alpha value is -2.09. The Balaban J connectivity index is 2.40. The maximum absolute atomic E-state index is 11.6. The third kappa shape index (κ3) is 2.43. The molecule has 0 bridgehead atoms. The molecule has 2 aromatic rings. The van der Waals surface area contributed by atoms with Crippen molar-refractivity contribution in [1.29, 1.82) is 0 Å². The van der Waals surface area contributed by atoms with E-state index in [9.17, 15) is 4.79 Å². The molecule has 0 aliphatic heterocycles. The van der Waals surface area contributed by atoms with E-state index < -0.39 is 0 Å². The van der Waals surface area contributed by atoms with E-state index in [2.05, 4.69) is 42.6 Å². The molecule has 0 spiro atoms. The first kappa shape index (κ1) is 12.4. The molecule has 0 aliphatic rings. The fourth-order valence-electron chi connectivity index (χ4n) is 1.98. The molecular formula is C16H17NO. The monoisotopic (exact) mass is 239 g/mol. The topological polar surface area (TPSA) is 29.1 Å². The maximum atomic E-state index is 11.6. The van der Waals surface area contributed by atoms with Crippen LogP contribution in [0.2, 0.25) is 0 Å². The minimum absolute atomic E-state index is 0.0389. The summed E-state index contributed by atoms with van der Waals surface area (Å²) in [6.07, 6.45) is 0. The van der Waals surface area contributed by atoms with Crippen LogP contribution in [0.3, 0.4) is 0 Å². The van der Waals surface area contributed by atoms with Gasteiger partial charge in [-0.2, -0.15) is 0 Å². The lowest BCUT2D eigenvalue weighted by Gasteiger charge is -2.08. The average Bonchev–Trinajstić information content (AvgIpc) is 2.38. The van der Waals surface area contributed by atoms with Gasteiger partial charge in [-0.25, -0.2) is 0 Å². The smallest absolute Gasteiger partial charge is 0.251 e. The van der Waals surface area contributed by atoms with Crippen LogP contribution in [0.15, 0.2) is 42.5 Å². The molecule has 0 fully saturated rings. The summed E-state index contributed by atoms with van der Waals surface area (Å²) in [4.78, 5) is 11.6. The van der Waals surface area contributed by atoms with Gasteiger partial charge in [0.2, 0.25) is 0 Å². The number of amides is 1. The summed E-state index contributed by atoms with van der Waals surface area (Å²) in [7, 11) is 1.65. The highest BCUT2D eigenvalue weighted by Gasteiger charge is 2.07. The Kier molecular flexibility index (Phi) is 3.47. The number of carbonyl (C=O) groups excluding carboxylic acids is 1. The van der Waals surface area contributed by atoms with Gasteiger partial charge in [0, 0.05) is 12.6 Å². The Morgan fingerprint density at radius 1 is 0.944 bits per heavy atom. The van der Waals surface area contributed by atoms with Gasteiger partial charge in [0.05, 0.1) is 0 Å². The SMILES string of the molecule is CNC(=O)c1ccc(-c2ccc(C)cc2)cc1C. The summed E-state index contributed by atoms with van der Waals surface area (Å²) in [6.45, 7) is 4.03. The molecule has 0 saturated carbocycles. The second-order valence-electron chi connectivity index (χ2n) is 4.47. The molecule has 0 saturated heterocycles. The average molecular weight is 239 g/mol. The number of nitrogens with one attached hydrogen (secondary N) is 1. The lowest BCUT2D eigenvalue weighted by Crippen LogP contribution is -2.18. The second-order valence-corrected chi connectivity index (χ2v) is 4.47. The number of benzene rings is 2. The summed E-state index contributed by atoms with van der Waals surface area (Å²) in [5.74, 6) is -0.0389. The van der Waals surface area contributed by atoms with Crippen LogP contribution in [-0.2, 0) is 0 Å². The van der Waals surface area contributed by atoms with Crippen molar-refractivity contribution >= 4 is 5.91 Å². The molecule has 0 unspecified atom stereocenters. The van der Waals surface area contributed by atoms with Crippen molar-refractivity contribution in [2.45, 2.75) is 13.8 Å². The van der Waals surface area contributed by atoms with E-state index in [0.29, 0.717) is 0 Å². The van der Waals surface area contributed by atoms with Crippen molar-refractivity contribution < 1.29 is 4.79 Å². The van der Waals surface area contributed by atoms with Gasteiger partial charge >= 0.3 is 0 Å². The number of aryl methyl sites for hydroxylation is 2. The van der Waals surface area contributed by atoms with Gasteiger partial charge in [-0.3, -0.25) is 4.79 Å². The van der Waals surface area contributed by atoms with E-state index in [-0.39, 0.29) is 5.91 Å². The first-order valence-electron chi connectivity index (χ1n) is 6.01. The second kappa shape index (κ2) is 5.05. The van der Waals surface area contributed by atoms with E-state index in [1.54, 1.807) is 7.05 Å². The van der Waals surface area contributed by atoms with E-state index in [1.807, 2.05) is 19.1 Å². The van der Waals surface area contributed by atoms with Gasteiger partial charge in [0.25, 0.3) is 5.91 Å². The minimum atomic E-state index is -0.0389. The van der Waals surface area contributed by atoms with Gasteiger partial charge in [0.15, 0.2) is 0 Å². The fraction of sp³-hybridized carbons (Fsp3) is 0.188. The minimum Gasteiger partial charge on any atom is -0.355 e. The molecule has 0 aromatic heterocycles. The van der Waals surface area contributed by atoms with Crippen LogP contribution in [0.1, 0.15) is 21.5 Å². The van der Waals surface area contributed by atoms with Gasteiger partial charge < -0.3 is 5.32 Å². The Morgan fingerprint density at radius 3 is 2.11 bits per heavy atom. The number of hydrogen-bond acceptors (Lipinski definition) is 1. The van der Waals surface area contributed by atoms with Gasteiger partial charge in [-0.1, -0.05) is 42.0 Å². The summed E-state index contributed by atoms with van der Waals surface area (Å²) in [5, 5.41) is 2.65. The lowest BCUT2D eigenvalue weighted by atomic mass is 9.99. The molecule has 0 heterocycles. The summed E-state index contributed by atoms with van der Waals surface area (Å²) < 4.78 is 0. The van der Waals surface area contributed by atoms with Crippen LogP contribution in [0.4, 0.5) is 0 Å². The van der Waals surface area contributed by atoms with E-state index in [4.69, 9.17) is 0 Å². The van der Waals surface area contributed by atoms with Crippen molar-refractivity contribution in [3.05, 3.63) is 59.2 Å². The summed E-state index contributed by atoms with van der Waals surface area (Å²) in [5.41, 5.74) is 5.28. The van der Waals surface area contributed by atoms with Crippen molar-refractivity contribution in [1.82, 2.24) is 5.32 Å². The lowest BCUT2D eigenvalue weighted by molar-refractivity contribution is 0.0962. The molecule has 1 N–H and O–H groups in total. The highest BCUT2D eigenvalue weighted by atomic mass is 16.1. The molecule has 0 radical (unpaired) electrons. The summed E-state index contributed by atoms with van der Waals surface area (Å²) >= 11 is 0. The van der Waals surface area contributed by atoms with Crippen LogP contribution in [0.5, 0.6) is 0 Å². The molecule has 2 nitrogen and oxygen atoms in total. The highest BCUT2D eigenvalue weighted by molar-refractivity contribution is 5.96. The van der Waals surface area contributed by atoms with Crippen LogP contribution in [0.25, 0.3) is 11.1 Å². The quantitative estimate of drug-likeness (QED) is 0.855. The van der Waals surface area contributed by atoms with Crippen LogP contribution >= 0.6 is 0 Å². The first-order valence-corrected chi connectivity index (χ1v) is 6.01. The molecule has 2 heteroatoms. The van der Waals surface area contributed by atoms with E-state index >= 15 is 0 Å². The fourth-order valence-corrected chi connectivity index (χ4v) is 1.98. The summed E-state index contributed by atoms with van der Waals surface area (Å²) in [6, 6.07) is 14.3. The van der Waals surface area contributed by atoms with E-state index in [0.717, 1.165) is 16.7 Å². The number of rotatable bonds is 2. The molecule has 2 aromatic carbocycles. The normalized spacial score (nSPS) is 10.2.